The van der Waals surface area contributed by atoms with Gasteiger partial charge in [0.2, 0.25) is 5.91 Å². The van der Waals surface area contributed by atoms with Gasteiger partial charge in [-0.25, -0.2) is 8.70 Å². The lowest BCUT2D eigenvalue weighted by atomic mass is 9.78. The Hall–Kier alpha value is -1.14. The molecule has 98 valence electrons. The van der Waals surface area contributed by atoms with E-state index in [4.69, 9.17) is 10.7 Å². The zero-order valence-electron chi connectivity index (χ0n) is 9.56. The van der Waals surface area contributed by atoms with Gasteiger partial charge in [-0.15, -0.1) is 0 Å². The Morgan fingerprint density at radius 1 is 1.44 bits per heavy atom. The van der Waals surface area contributed by atoms with Gasteiger partial charge >= 0.3 is 9.24 Å². The average Bonchev–Trinajstić information content (AvgIpc) is 2.24. The molecule has 1 saturated heterocycles. The predicted octanol–water partition coefficient (Wildman–Crippen LogP) is 2.15. The Bertz CT molecular complexity index is 604. The van der Waals surface area contributed by atoms with E-state index in [1.807, 2.05) is 0 Å². The third-order valence-electron chi connectivity index (χ3n) is 3.24. The molecule has 1 fully saturated rings. The van der Waals surface area contributed by atoms with Crippen molar-refractivity contribution in [3.8, 4) is 0 Å². The van der Waals surface area contributed by atoms with Crippen molar-refractivity contribution in [2.45, 2.75) is 25.3 Å². The third kappa shape index (κ3) is 1.80. The van der Waals surface area contributed by atoms with Crippen LogP contribution in [0.25, 0.3) is 0 Å². The monoisotopic (exact) mass is 291 g/mol. The van der Waals surface area contributed by atoms with Crippen molar-refractivity contribution in [1.82, 2.24) is 4.31 Å². The lowest BCUT2D eigenvalue weighted by molar-refractivity contribution is -0.146. The van der Waals surface area contributed by atoms with Gasteiger partial charge in [0.15, 0.2) is 0 Å². The summed E-state index contributed by atoms with van der Waals surface area (Å²) in [6.07, 6.45) is 0.210. The summed E-state index contributed by atoms with van der Waals surface area (Å²) in [6, 6.07) is 5.80. The van der Waals surface area contributed by atoms with Crippen LogP contribution in [-0.2, 0) is 19.6 Å². The van der Waals surface area contributed by atoms with Crippen LogP contribution < -0.4 is 0 Å². The molecule has 18 heavy (non-hydrogen) atoms. The summed E-state index contributed by atoms with van der Waals surface area (Å²) >= 11 is 0. The van der Waals surface area contributed by atoms with E-state index in [-0.39, 0.29) is 18.4 Å². The normalized spacial score (nSPS) is 23.9. The minimum absolute atomic E-state index is 0.0591. The number of benzene rings is 1. The number of carbonyl (C=O) groups is 1. The third-order valence-corrected chi connectivity index (χ3v) is 4.64. The molecule has 1 atom stereocenters. The van der Waals surface area contributed by atoms with Gasteiger partial charge in [-0.3, -0.25) is 4.79 Å². The molecule has 0 bridgehead atoms. The molecule has 0 aromatic heterocycles. The van der Waals surface area contributed by atoms with E-state index in [1.54, 1.807) is 13.0 Å². The molecular weight excluding hydrogens is 281 g/mol. The number of carbonyl (C=O) groups excluding carboxylic acids is 1. The smallest absolute Gasteiger partial charge is 0.274 e. The van der Waals surface area contributed by atoms with Crippen molar-refractivity contribution >= 4 is 25.8 Å². The molecule has 1 aromatic rings. The van der Waals surface area contributed by atoms with Crippen LogP contribution in [0.1, 0.15) is 25.3 Å². The molecule has 1 aliphatic rings. The van der Waals surface area contributed by atoms with Crippen molar-refractivity contribution in [2.24, 2.45) is 0 Å². The molecule has 7 heteroatoms. The lowest BCUT2D eigenvalue weighted by Crippen LogP contribution is -2.62. The van der Waals surface area contributed by atoms with Gasteiger partial charge in [-0.1, -0.05) is 25.1 Å². The summed E-state index contributed by atoms with van der Waals surface area (Å²) in [5.74, 6) is -1.16. The van der Waals surface area contributed by atoms with Crippen molar-refractivity contribution in [2.75, 3.05) is 0 Å². The highest BCUT2D eigenvalue weighted by molar-refractivity contribution is 8.12. The summed E-state index contributed by atoms with van der Waals surface area (Å²) in [5.41, 5.74) is -1.01. The second-order valence-electron chi connectivity index (χ2n) is 4.14. The zero-order valence-corrected chi connectivity index (χ0v) is 11.1. The van der Waals surface area contributed by atoms with Crippen molar-refractivity contribution in [3.05, 3.63) is 35.6 Å². The van der Waals surface area contributed by atoms with Crippen LogP contribution >= 0.6 is 10.7 Å². The highest BCUT2D eigenvalue weighted by atomic mass is 35.7. The second kappa shape index (κ2) is 4.20. The van der Waals surface area contributed by atoms with Crippen LogP contribution in [0.3, 0.4) is 0 Å². The Labute approximate surface area is 109 Å². The van der Waals surface area contributed by atoms with Crippen molar-refractivity contribution in [3.63, 3.8) is 0 Å². The largest absolute Gasteiger partial charge is 0.324 e. The molecule has 0 saturated carbocycles. The molecule has 1 aromatic carbocycles. The maximum absolute atomic E-state index is 13.8. The van der Waals surface area contributed by atoms with Crippen molar-refractivity contribution in [1.29, 1.82) is 0 Å². The Balaban J connectivity index is 2.58. The number of hydrogen-bond donors (Lipinski definition) is 0. The van der Waals surface area contributed by atoms with E-state index < -0.39 is 26.5 Å². The molecule has 1 heterocycles. The summed E-state index contributed by atoms with van der Waals surface area (Å²) in [5, 5.41) is 0. The number of hydrogen-bond acceptors (Lipinski definition) is 3. The first-order valence-corrected chi connectivity index (χ1v) is 7.62. The maximum Gasteiger partial charge on any atom is 0.324 e. The second-order valence-corrected chi connectivity index (χ2v) is 6.50. The summed E-state index contributed by atoms with van der Waals surface area (Å²) < 4.78 is 37.2. The molecule has 0 aliphatic carbocycles. The quantitative estimate of drug-likeness (QED) is 0.633. The molecule has 1 unspecified atom stereocenters. The first-order chi connectivity index (χ1) is 8.33. The van der Waals surface area contributed by atoms with Crippen LogP contribution in [0.5, 0.6) is 0 Å². The van der Waals surface area contributed by atoms with Gasteiger partial charge in [0.1, 0.15) is 5.82 Å². The van der Waals surface area contributed by atoms with Crippen LogP contribution in [0, 0.1) is 5.82 Å². The van der Waals surface area contributed by atoms with E-state index in [1.165, 1.54) is 18.2 Å². The van der Waals surface area contributed by atoms with Crippen molar-refractivity contribution < 1.29 is 17.6 Å². The molecule has 1 aliphatic heterocycles. The van der Waals surface area contributed by atoms with Gasteiger partial charge in [0.25, 0.3) is 0 Å². The summed E-state index contributed by atoms with van der Waals surface area (Å²) in [4.78, 5) is 11.5. The SMILES string of the molecule is CCC1(c2ccccc2F)CC(=O)N1S(=O)(=O)Cl. The zero-order chi connectivity index (χ0) is 13.6. The highest BCUT2D eigenvalue weighted by Gasteiger charge is 2.57. The average molecular weight is 292 g/mol. The Kier molecular flexibility index (Phi) is 3.11. The number of β-lactam (4-membered cyclic amide) rings is 1. The molecular formula is C11H11ClFNO3S. The Morgan fingerprint density at radius 2 is 2.06 bits per heavy atom. The van der Waals surface area contributed by atoms with Gasteiger partial charge < -0.3 is 0 Å². The van der Waals surface area contributed by atoms with Crippen LogP contribution in [0.15, 0.2) is 24.3 Å². The fourth-order valence-corrected chi connectivity index (χ4v) is 4.02. The first kappa shape index (κ1) is 13.3. The molecule has 1 amide bonds. The van der Waals surface area contributed by atoms with Gasteiger partial charge in [-0.2, -0.15) is 8.42 Å². The van der Waals surface area contributed by atoms with E-state index in [2.05, 4.69) is 0 Å². The van der Waals surface area contributed by atoms with Gasteiger partial charge in [0.05, 0.1) is 12.0 Å². The first-order valence-electron chi connectivity index (χ1n) is 5.36. The fraction of sp³-hybridized carbons (Fsp3) is 0.364. The number of halogens is 2. The number of amides is 1. The summed E-state index contributed by atoms with van der Waals surface area (Å²) in [6.45, 7) is 1.69. The topological polar surface area (TPSA) is 54.5 Å². The van der Waals surface area contributed by atoms with Crippen LogP contribution in [0.4, 0.5) is 4.39 Å². The number of nitrogens with zero attached hydrogens (tertiary/aromatic N) is 1. The predicted molar refractivity (Wildman–Crippen MR) is 64.6 cm³/mol. The van der Waals surface area contributed by atoms with Gasteiger partial charge in [-0.05, 0) is 12.5 Å². The minimum atomic E-state index is -4.21. The lowest BCUT2D eigenvalue weighted by Gasteiger charge is -2.49. The Morgan fingerprint density at radius 3 is 2.50 bits per heavy atom. The van der Waals surface area contributed by atoms with E-state index in [9.17, 15) is 17.6 Å². The molecule has 4 nitrogen and oxygen atoms in total. The summed E-state index contributed by atoms with van der Waals surface area (Å²) in [7, 11) is 1.04. The minimum Gasteiger partial charge on any atom is -0.274 e. The van der Waals surface area contributed by atoms with E-state index in [0.717, 1.165) is 0 Å². The molecule has 2 rings (SSSR count). The molecule has 0 N–H and O–H groups in total. The molecule has 0 spiro atoms. The standard InChI is InChI=1S/C11H11ClFNO3S/c1-2-11(8-5-3-4-6-9(8)13)7-10(15)14(11)18(12,16)17/h3-6H,2,7H2,1H3. The van der Waals surface area contributed by atoms with Crippen LogP contribution in [-0.4, -0.2) is 18.6 Å². The van der Waals surface area contributed by atoms with E-state index in [0.29, 0.717) is 4.31 Å². The molecule has 0 radical (unpaired) electrons. The van der Waals surface area contributed by atoms with Crippen LogP contribution in [0.2, 0.25) is 0 Å². The maximum atomic E-state index is 13.8. The van der Waals surface area contributed by atoms with Gasteiger partial charge in [0, 0.05) is 16.2 Å². The van der Waals surface area contributed by atoms with E-state index >= 15 is 0 Å². The highest BCUT2D eigenvalue weighted by Crippen LogP contribution is 2.47. The number of rotatable bonds is 3. The fourth-order valence-electron chi connectivity index (χ4n) is 2.37.